The van der Waals surface area contributed by atoms with E-state index in [4.69, 9.17) is 5.73 Å². The molecule has 5 N–H and O–H groups in total. The summed E-state index contributed by atoms with van der Waals surface area (Å²) in [6, 6.07) is 5.22. The third-order valence-electron chi connectivity index (χ3n) is 2.79. The number of carbonyl (C=O) groups is 1. The summed E-state index contributed by atoms with van der Waals surface area (Å²) in [4.78, 5) is 15.7. The van der Waals surface area contributed by atoms with Gasteiger partial charge in [-0.1, -0.05) is 0 Å². The van der Waals surface area contributed by atoms with Crippen molar-refractivity contribution in [2.45, 2.75) is 13.3 Å². The van der Waals surface area contributed by atoms with Crippen LogP contribution in [-0.2, 0) is 6.42 Å². The molecule has 2 aromatic rings. The van der Waals surface area contributed by atoms with Crippen molar-refractivity contribution in [2.75, 3.05) is 24.1 Å². The summed E-state index contributed by atoms with van der Waals surface area (Å²) in [6.07, 6.45) is 2.20. The maximum absolute atomic E-state index is 11.7. The summed E-state index contributed by atoms with van der Waals surface area (Å²) in [5.41, 5.74) is 7.85. The molecule has 2 rings (SSSR count). The lowest BCUT2D eigenvalue weighted by molar-refractivity contribution is 0.0956. The van der Waals surface area contributed by atoms with Crippen LogP contribution in [0.1, 0.15) is 23.1 Å². The quantitative estimate of drug-likeness (QED) is 0.582. The Balaban J connectivity index is 1.93. The van der Waals surface area contributed by atoms with Crippen LogP contribution in [0.25, 0.3) is 0 Å². The number of rotatable bonds is 6. The van der Waals surface area contributed by atoms with E-state index in [0.717, 1.165) is 17.9 Å². The number of benzene rings is 1. The Labute approximate surface area is 117 Å². The molecule has 20 heavy (non-hydrogen) atoms. The van der Waals surface area contributed by atoms with Crippen LogP contribution in [0.15, 0.2) is 24.5 Å². The number of H-pyrrole nitrogens is 1. The largest absolute Gasteiger partial charge is 0.397 e. The summed E-state index contributed by atoms with van der Waals surface area (Å²) in [5.74, 6) is 0.697. The van der Waals surface area contributed by atoms with E-state index in [1.807, 2.05) is 6.92 Å². The van der Waals surface area contributed by atoms with Crippen molar-refractivity contribution >= 4 is 17.3 Å². The molecule has 106 valence electrons. The Morgan fingerprint density at radius 2 is 2.30 bits per heavy atom. The number of nitrogens with one attached hydrogen (secondary N) is 3. The number of nitrogen functional groups attached to an aromatic ring is 1. The maximum Gasteiger partial charge on any atom is 0.251 e. The lowest BCUT2D eigenvalue weighted by Crippen LogP contribution is -2.22. The molecule has 1 amide bonds. The molecule has 0 aliphatic carbocycles. The van der Waals surface area contributed by atoms with Gasteiger partial charge in [0, 0.05) is 25.1 Å². The minimum atomic E-state index is -0.118. The average Bonchev–Trinajstić information content (AvgIpc) is 2.94. The first-order valence-electron chi connectivity index (χ1n) is 6.46. The Morgan fingerprint density at radius 3 is 2.95 bits per heavy atom. The zero-order valence-corrected chi connectivity index (χ0v) is 11.3. The van der Waals surface area contributed by atoms with Gasteiger partial charge < -0.3 is 16.4 Å². The van der Waals surface area contributed by atoms with E-state index < -0.39 is 0 Å². The van der Waals surface area contributed by atoms with Crippen molar-refractivity contribution in [1.29, 1.82) is 0 Å². The van der Waals surface area contributed by atoms with E-state index in [2.05, 4.69) is 25.8 Å². The summed E-state index contributed by atoms with van der Waals surface area (Å²) in [6.45, 7) is 3.15. The zero-order valence-electron chi connectivity index (χ0n) is 11.3. The molecular formula is C13H18N6O. The van der Waals surface area contributed by atoms with Crippen molar-refractivity contribution in [3.8, 4) is 0 Å². The molecule has 0 aliphatic rings. The molecule has 1 aromatic carbocycles. The summed E-state index contributed by atoms with van der Waals surface area (Å²) in [5, 5.41) is 12.5. The van der Waals surface area contributed by atoms with Crippen molar-refractivity contribution < 1.29 is 4.79 Å². The molecule has 7 heteroatoms. The smallest absolute Gasteiger partial charge is 0.251 e. The molecule has 0 radical (unpaired) electrons. The number of aromatic amines is 1. The van der Waals surface area contributed by atoms with Crippen LogP contribution in [0.2, 0.25) is 0 Å². The van der Waals surface area contributed by atoms with Crippen LogP contribution in [-0.4, -0.2) is 34.2 Å². The minimum absolute atomic E-state index is 0.118. The van der Waals surface area contributed by atoms with Gasteiger partial charge in [-0.3, -0.25) is 9.89 Å². The normalized spacial score (nSPS) is 10.2. The van der Waals surface area contributed by atoms with Crippen LogP contribution in [0.5, 0.6) is 0 Å². The Kier molecular flexibility index (Phi) is 4.54. The van der Waals surface area contributed by atoms with Gasteiger partial charge in [0.2, 0.25) is 0 Å². The number of anilines is 2. The number of amides is 1. The fourth-order valence-corrected chi connectivity index (χ4v) is 1.79. The second kappa shape index (κ2) is 6.55. The lowest BCUT2D eigenvalue weighted by atomic mass is 10.1. The third kappa shape index (κ3) is 3.47. The van der Waals surface area contributed by atoms with E-state index in [1.54, 1.807) is 18.2 Å². The number of nitrogens with two attached hydrogens (primary N) is 1. The van der Waals surface area contributed by atoms with E-state index >= 15 is 0 Å². The van der Waals surface area contributed by atoms with Crippen LogP contribution in [0.3, 0.4) is 0 Å². The van der Waals surface area contributed by atoms with Crippen molar-refractivity contribution in [3.05, 3.63) is 35.9 Å². The predicted octanol–water partition coefficient (Wildman–Crippen LogP) is 0.791. The highest BCUT2D eigenvalue weighted by molar-refractivity contribution is 5.96. The molecule has 0 saturated carbocycles. The van der Waals surface area contributed by atoms with Crippen LogP contribution < -0.4 is 16.4 Å². The van der Waals surface area contributed by atoms with E-state index in [9.17, 15) is 4.79 Å². The van der Waals surface area contributed by atoms with E-state index in [0.29, 0.717) is 24.3 Å². The van der Waals surface area contributed by atoms with Crippen molar-refractivity contribution in [3.63, 3.8) is 0 Å². The second-order valence-electron chi connectivity index (χ2n) is 4.27. The molecule has 0 aliphatic heterocycles. The molecule has 0 bridgehead atoms. The van der Waals surface area contributed by atoms with Crippen LogP contribution in [0, 0.1) is 0 Å². The Bertz CT molecular complexity index is 566. The van der Waals surface area contributed by atoms with Gasteiger partial charge in [-0.25, -0.2) is 4.98 Å². The number of nitrogens with zero attached hydrogens (tertiary/aromatic N) is 2. The van der Waals surface area contributed by atoms with Gasteiger partial charge in [0.25, 0.3) is 5.91 Å². The number of carbonyl (C=O) groups excluding carboxylic acids is 1. The fraction of sp³-hybridized carbons (Fsp3) is 0.308. The highest BCUT2D eigenvalue weighted by Crippen LogP contribution is 2.19. The topological polar surface area (TPSA) is 109 Å². The number of hydrogen-bond acceptors (Lipinski definition) is 5. The zero-order chi connectivity index (χ0) is 14.4. The number of hydrogen-bond donors (Lipinski definition) is 4. The van der Waals surface area contributed by atoms with Gasteiger partial charge in [0.05, 0.1) is 11.4 Å². The highest BCUT2D eigenvalue weighted by Gasteiger charge is 2.07. The standard InChI is InChI=1S/C13H18N6O/c1-2-15-13(20)9-3-4-11(10(14)7-9)16-6-5-12-17-8-18-19-12/h3-4,7-8,16H,2,5-6,14H2,1H3,(H,15,20)(H,17,18,19). The minimum Gasteiger partial charge on any atom is -0.397 e. The molecule has 0 saturated heterocycles. The highest BCUT2D eigenvalue weighted by atomic mass is 16.1. The lowest BCUT2D eigenvalue weighted by Gasteiger charge is -2.10. The molecule has 0 unspecified atom stereocenters. The molecular weight excluding hydrogens is 256 g/mol. The molecule has 0 spiro atoms. The van der Waals surface area contributed by atoms with Gasteiger partial charge in [-0.05, 0) is 25.1 Å². The predicted molar refractivity (Wildman–Crippen MR) is 77.4 cm³/mol. The van der Waals surface area contributed by atoms with E-state index in [-0.39, 0.29) is 5.91 Å². The number of aromatic nitrogens is 3. The Morgan fingerprint density at radius 1 is 1.45 bits per heavy atom. The second-order valence-corrected chi connectivity index (χ2v) is 4.27. The Hall–Kier alpha value is -2.57. The first kappa shape index (κ1) is 13.9. The maximum atomic E-state index is 11.7. The fourth-order valence-electron chi connectivity index (χ4n) is 1.79. The van der Waals surface area contributed by atoms with Crippen molar-refractivity contribution in [2.24, 2.45) is 0 Å². The van der Waals surface area contributed by atoms with Gasteiger partial charge in [0.15, 0.2) is 0 Å². The molecule has 1 heterocycles. The SMILES string of the molecule is CCNC(=O)c1ccc(NCCc2ncn[nH]2)c(N)c1. The molecule has 1 aromatic heterocycles. The third-order valence-corrected chi connectivity index (χ3v) is 2.79. The van der Waals surface area contributed by atoms with Crippen molar-refractivity contribution in [1.82, 2.24) is 20.5 Å². The first-order valence-corrected chi connectivity index (χ1v) is 6.46. The van der Waals surface area contributed by atoms with Crippen LogP contribution >= 0.6 is 0 Å². The van der Waals surface area contributed by atoms with Crippen LogP contribution in [0.4, 0.5) is 11.4 Å². The average molecular weight is 274 g/mol. The molecule has 0 atom stereocenters. The summed E-state index contributed by atoms with van der Waals surface area (Å²) >= 11 is 0. The van der Waals surface area contributed by atoms with Gasteiger partial charge in [-0.2, -0.15) is 5.10 Å². The first-order chi connectivity index (χ1) is 9.70. The summed E-state index contributed by atoms with van der Waals surface area (Å²) in [7, 11) is 0. The summed E-state index contributed by atoms with van der Waals surface area (Å²) < 4.78 is 0. The monoisotopic (exact) mass is 274 g/mol. The molecule has 0 fully saturated rings. The van der Waals surface area contributed by atoms with E-state index in [1.165, 1.54) is 6.33 Å². The van der Waals surface area contributed by atoms with Gasteiger partial charge in [-0.15, -0.1) is 0 Å². The van der Waals surface area contributed by atoms with Gasteiger partial charge >= 0.3 is 0 Å². The van der Waals surface area contributed by atoms with Gasteiger partial charge in [0.1, 0.15) is 12.2 Å². The molecule has 7 nitrogen and oxygen atoms in total.